The Kier molecular flexibility index (Phi) is 4.28. The largest absolute Gasteiger partial charge is 0.390 e. The number of hydrogen-bond acceptors (Lipinski definition) is 4. The maximum Gasteiger partial charge on any atom is 0.126 e. The molecule has 4 nitrogen and oxygen atoms in total. The number of aliphatic hydroxyl groups is 2. The summed E-state index contributed by atoms with van der Waals surface area (Å²) in [5.74, 6) is 0. The first-order chi connectivity index (χ1) is 4.69. The molecule has 0 aromatic heterocycles. The summed E-state index contributed by atoms with van der Waals surface area (Å²) in [6, 6.07) is 0. The Balaban J connectivity index is 0.000001000. The van der Waals surface area contributed by atoms with Crippen molar-refractivity contribution >= 4 is 12.4 Å². The summed E-state index contributed by atoms with van der Waals surface area (Å²) in [5.41, 5.74) is 4.03. The Morgan fingerprint density at radius 2 is 2.27 bits per heavy atom. The molecule has 0 amide bonds. The van der Waals surface area contributed by atoms with E-state index in [0.29, 0.717) is 13.0 Å². The van der Waals surface area contributed by atoms with Crippen LogP contribution < -0.4 is 5.73 Å². The van der Waals surface area contributed by atoms with Gasteiger partial charge in [-0.25, -0.2) is 0 Å². The third-order valence-electron chi connectivity index (χ3n) is 1.86. The minimum Gasteiger partial charge on any atom is -0.390 e. The molecule has 2 atom stereocenters. The second-order valence-corrected chi connectivity index (χ2v) is 2.66. The standard InChI is InChI=1S/C6H13NO3.ClH/c7-3-6(9)4-10-2-1-5(6)8;/h5,8-9H,1-4,7H2;1H. The maximum atomic E-state index is 9.45. The summed E-state index contributed by atoms with van der Waals surface area (Å²) in [6.45, 7) is 0.697. The van der Waals surface area contributed by atoms with Gasteiger partial charge in [0.15, 0.2) is 0 Å². The number of hydrogen-bond donors (Lipinski definition) is 3. The molecule has 0 aromatic rings. The molecule has 0 saturated carbocycles. The van der Waals surface area contributed by atoms with E-state index in [-0.39, 0.29) is 25.6 Å². The van der Waals surface area contributed by atoms with Crippen LogP contribution in [0, 0.1) is 0 Å². The van der Waals surface area contributed by atoms with Crippen molar-refractivity contribution in [1.82, 2.24) is 0 Å². The third kappa shape index (κ3) is 2.28. The van der Waals surface area contributed by atoms with Gasteiger partial charge in [-0.1, -0.05) is 0 Å². The van der Waals surface area contributed by atoms with Gasteiger partial charge in [-0.05, 0) is 6.42 Å². The Bertz CT molecular complexity index is 124. The molecule has 0 radical (unpaired) electrons. The predicted molar refractivity (Wildman–Crippen MR) is 42.7 cm³/mol. The minimum atomic E-state index is -1.21. The lowest BCUT2D eigenvalue weighted by atomic mass is 9.94. The SMILES string of the molecule is Cl.NCC1(O)COCCC1O. The molecule has 1 fully saturated rings. The van der Waals surface area contributed by atoms with Gasteiger partial charge < -0.3 is 20.7 Å². The zero-order valence-corrected chi connectivity index (χ0v) is 7.01. The van der Waals surface area contributed by atoms with E-state index in [4.69, 9.17) is 10.5 Å². The molecular weight excluding hydrogens is 170 g/mol. The molecule has 4 N–H and O–H groups in total. The normalized spacial score (nSPS) is 37.9. The van der Waals surface area contributed by atoms with Gasteiger partial charge in [-0.3, -0.25) is 0 Å². The number of nitrogens with two attached hydrogens (primary N) is 1. The molecule has 1 aliphatic heterocycles. The molecule has 1 saturated heterocycles. The number of halogens is 1. The fraction of sp³-hybridized carbons (Fsp3) is 1.00. The zero-order valence-electron chi connectivity index (χ0n) is 6.19. The number of ether oxygens (including phenoxy) is 1. The molecule has 1 aliphatic rings. The van der Waals surface area contributed by atoms with E-state index in [0.717, 1.165) is 0 Å². The average molecular weight is 184 g/mol. The van der Waals surface area contributed by atoms with E-state index in [9.17, 15) is 10.2 Å². The fourth-order valence-corrected chi connectivity index (χ4v) is 1.00. The highest BCUT2D eigenvalue weighted by atomic mass is 35.5. The lowest BCUT2D eigenvalue weighted by Crippen LogP contribution is -2.55. The molecule has 5 heteroatoms. The highest BCUT2D eigenvalue weighted by Gasteiger charge is 2.37. The Hall–Kier alpha value is 0.130. The second kappa shape index (κ2) is 4.23. The number of rotatable bonds is 1. The first-order valence-corrected chi connectivity index (χ1v) is 3.37. The van der Waals surface area contributed by atoms with Crippen LogP contribution >= 0.6 is 12.4 Å². The molecule has 11 heavy (non-hydrogen) atoms. The molecule has 0 aliphatic carbocycles. The summed E-state index contributed by atoms with van der Waals surface area (Å²) in [4.78, 5) is 0. The van der Waals surface area contributed by atoms with Crippen LogP contribution in [-0.2, 0) is 4.74 Å². The van der Waals surface area contributed by atoms with E-state index >= 15 is 0 Å². The van der Waals surface area contributed by atoms with Gasteiger partial charge in [-0.2, -0.15) is 0 Å². The van der Waals surface area contributed by atoms with Gasteiger partial charge in [0.2, 0.25) is 0 Å². The van der Waals surface area contributed by atoms with Gasteiger partial charge in [-0.15, -0.1) is 12.4 Å². The van der Waals surface area contributed by atoms with Crippen LogP contribution in [0.5, 0.6) is 0 Å². The molecule has 2 unspecified atom stereocenters. The lowest BCUT2D eigenvalue weighted by molar-refractivity contribution is -0.152. The summed E-state index contributed by atoms with van der Waals surface area (Å²) >= 11 is 0. The Labute approximate surface area is 71.8 Å². The first-order valence-electron chi connectivity index (χ1n) is 3.37. The van der Waals surface area contributed by atoms with Crippen molar-refractivity contribution in [2.24, 2.45) is 5.73 Å². The van der Waals surface area contributed by atoms with Gasteiger partial charge >= 0.3 is 0 Å². The van der Waals surface area contributed by atoms with Crippen molar-refractivity contribution < 1.29 is 14.9 Å². The van der Waals surface area contributed by atoms with Crippen LogP contribution in [0.15, 0.2) is 0 Å². The monoisotopic (exact) mass is 183 g/mol. The van der Waals surface area contributed by atoms with E-state index in [1.807, 2.05) is 0 Å². The summed E-state index contributed by atoms with van der Waals surface area (Å²) < 4.78 is 4.96. The van der Waals surface area contributed by atoms with E-state index in [1.54, 1.807) is 0 Å². The lowest BCUT2D eigenvalue weighted by Gasteiger charge is -2.35. The van der Waals surface area contributed by atoms with Crippen LogP contribution in [0.4, 0.5) is 0 Å². The van der Waals surface area contributed by atoms with Crippen molar-refractivity contribution in [2.45, 2.75) is 18.1 Å². The topological polar surface area (TPSA) is 75.7 Å². The Morgan fingerprint density at radius 3 is 2.64 bits per heavy atom. The molecular formula is C6H14ClNO3. The van der Waals surface area contributed by atoms with Crippen LogP contribution in [0.2, 0.25) is 0 Å². The van der Waals surface area contributed by atoms with E-state index in [2.05, 4.69) is 0 Å². The van der Waals surface area contributed by atoms with Crippen LogP contribution in [0.1, 0.15) is 6.42 Å². The quantitative estimate of drug-likeness (QED) is 0.482. The third-order valence-corrected chi connectivity index (χ3v) is 1.86. The van der Waals surface area contributed by atoms with Crippen molar-refractivity contribution in [1.29, 1.82) is 0 Å². The van der Waals surface area contributed by atoms with E-state index < -0.39 is 11.7 Å². The summed E-state index contributed by atoms with van der Waals surface area (Å²) in [6.07, 6.45) is -0.264. The van der Waals surface area contributed by atoms with Crippen LogP contribution in [0.3, 0.4) is 0 Å². The van der Waals surface area contributed by atoms with Crippen molar-refractivity contribution in [3.05, 3.63) is 0 Å². The second-order valence-electron chi connectivity index (χ2n) is 2.66. The van der Waals surface area contributed by atoms with Crippen LogP contribution in [0.25, 0.3) is 0 Å². The Morgan fingerprint density at radius 1 is 1.64 bits per heavy atom. The average Bonchev–Trinajstić information content (AvgIpc) is 1.96. The molecule has 1 heterocycles. The van der Waals surface area contributed by atoms with Crippen molar-refractivity contribution in [2.75, 3.05) is 19.8 Å². The van der Waals surface area contributed by atoms with Crippen molar-refractivity contribution in [3.63, 3.8) is 0 Å². The number of aliphatic hydroxyl groups excluding tert-OH is 1. The fourth-order valence-electron chi connectivity index (χ4n) is 1.00. The maximum absolute atomic E-state index is 9.45. The van der Waals surface area contributed by atoms with Gasteiger partial charge in [0.25, 0.3) is 0 Å². The molecule has 0 aromatic carbocycles. The zero-order chi connectivity index (χ0) is 7.61. The highest BCUT2D eigenvalue weighted by Crippen LogP contribution is 2.17. The summed E-state index contributed by atoms with van der Waals surface area (Å²) in [5, 5.41) is 18.7. The molecule has 68 valence electrons. The van der Waals surface area contributed by atoms with Gasteiger partial charge in [0.05, 0.1) is 12.7 Å². The minimum absolute atomic E-state index is 0. The highest BCUT2D eigenvalue weighted by molar-refractivity contribution is 5.85. The van der Waals surface area contributed by atoms with Crippen LogP contribution in [-0.4, -0.2) is 41.7 Å². The van der Waals surface area contributed by atoms with Gasteiger partial charge in [0.1, 0.15) is 5.60 Å². The predicted octanol–water partition coefficient (Wildman–Crippen LogP) is -1.12. The first kappa shape index (κ1) is 11.1. The molecule has 1 rings (SSSR count). The molecule has 0 spiro atoms. The smallest absolute Gasteiger partial charge is 0.126 e. The molecule has 0 bridgehead atoms. The van der Waals surface area contributed by atoms with E-state index in [1.165, 1.54) is 0 Å². The summed E-state index contributed by atoms with van der Waals surface area (Å²) in [7, 11) is 0. The van der Waals surface area contributed by atoms with Crippen molar-refractivity contribution in [3.8, 4) is 0 Å². The van der Waals surface area contributed by atoms with Gasteiger partial charge in [0, 0.05) is 13.2 Å².